The van der Waals surface area contributed by atoms with Crippen molar-refractivity contribution in [2.45, 2.75) is 59.3 Å². The van der Waals surface area contributed by atoms with Crippen molar-refractivity contribution in [1.82, 2.24) is 14.9 Å². The van der Waals surface area contributed by atoms with Gasteiger partial charge in [0, 0.05) is 29.2 Å². The van der Waals surface area contributed by atoms with E-state index in [1.54, 1.807) is 46.0 Å². The Labute approximate surface area is 227 Å². The van der Waals surface area contributed by atoms with E-state index < -0.39 is 17.7 Å². The number of nitrogens with zero attached hydrogens (tertiary/aromatic N) is 3. The zero-order chi connectivity index (χ0) is 27.1. The van der Waals surface area contributed by atoms with Crippen LogP contribution in [0.25, 0.3) is 11.3 Å². The Kier molecular flexibility index (Phi) is 7.70. The Morgan fingerprint density at radius 2 is 1.95 bits per heavy atom. The first kappa shape index (κ1) is 27.2. The molecule has 0 radical (unpaired) electrons. The summed E-state index contributed by atoms with van der Waals surface area (Å²) in [6.07, 6.45) is 2.00. The SMILES string of the molecule is Cc1cc(-c2cnc(N)c(OC(C)c3c(Cl)ccc(C(=O)OC(C)(C)C)c3Cl)n2)cc2c1CCN(C)C2. The van der Waals surface area contributed by atoms with Crippen molar-refractivity contribution in [2.24, 2.45) is 0 Å². The van der Waals surface area contributed by atoms with E-state index in [1.165, 1.54) is 16.7 Å². The third kappa shape index (κ3) is 6.00. The van der Waals surface area contributed by atoms with Gasteiger partial charge < -0.3 is 20.1 Å². The smallest absolute Gasteiger partial charge is 0.340 e. The molecule has 1 aromatic heterocycles. The van der Waals surface area contributed by atoms with Gasteiger partial charge in [0.25, 0.3) is 5.88 Å². The average molecular weight is 543 g/mol. The number of halogens is 2. The van der Waals surface area contributed by atoms with Crippen LogP contribution >= 0.6 is 23.2 Å². The standard InChI is InChI=1S/C28H32Cl2N4O3/c1-15-11-17(12-18-14-34(6)10-9-19(15)18)22-13-32-25(31)26(33-22)36-16(2)23-21(29)8-7-20(24(23)30)27(35)37-28(3,4)5/h7-8,11-13,16H,9-10,14H2,1-6H3,(H2,31,32). The van der Waals surface area contributed by atoms with Crippen LogP contribution in [0.2, 0.25) is 10.0 Å². The molecule has 196 valence electrons. The first-order valence-electron chi connectivity index (χ1n) is 12.2. The maximum Gasteiger partial charge on any atom is 0.340 e. The van der Waals surface area contributed by atoms with Gasteiger partial charge in [0.1, 0.15) is 11.7 Å². The Bertz CT molecular complexity index is 1350. The van der Waals surface area contributed by atoms with Crippen LogP contribution in [0.15, 0.2) is 30.5 Å². The molecule has 0 saturated heterocycles. The topological polar surface area (TPSA) is 90.6 Å². The molecule has 0 saturated carbocycles. The molecule has 0 amide bonds. The zero-order valence-electron chi connectivity index (χ0n) is 22.0. The molecule has 9 heteroatoms. The van der Waals surface area contributed by atoms with Gasteiger partial charge in [-0.15, -0.1) is 0 Å². The molecule has 3 aromatic rings. The lowest BCUT2D eigenvalue weighted by molar-refractivity contribution is 0.00695. The Hall–Kier alpha value is -2.87. The number of likely N-dealkylation sites (N-methyl/N-ethyl adjacent to an activating group) is 1. The third-order valence-electron chi connectivity index (χ3n) is 6.25. The number of benzene rings is 2. The van der Waals surface area contributed by atoms with Crippen molar-refractivity contribution >= 4 is 35.0 Å². The van der Waals surface area contributed by atoms with Gasteiger partial charge >= 0.3 is 5.97 Å². The molecule has 2 aromatic carbocycles. The number of aryl methyl sites for hydroxylation is 1. The van der Waals surface area contributed by atoms with Gasteiger partial charge in [-0.25, -0.2) is 14.8 Å². The molecule has 1 unspecified atom stereocenters. The molecule has 0 bridgehead atoms. The van der Waals surface area contributed by atoms with Gasteiger partial charge in [0.15, 0.2) is 5.82 Å². The summed E-state index contributed by atoms with van der Waals surface area (Å²) in [4.78, 5) is 24.0. The molecule has 0 aliphatic carbocycles. The molecule has 2 N–H and O–H groups in total. The van der Waals surface area contributed by atoms with E-state index >= 15 is 0 Å². The van der Waals surface area contributed by atoms with Crippen molar-refractivity contribution in [3.63, 3.8) is 0 Å². The highest BCUT2D eigenvalue weighted by Crippen LogP contribution is 2.37. The number of rotatable bonds is 5. The number of anilines is 1. The molecule has 1 aliphatic heterocycles. The summed E-state index contributed by atoms with van der Waals surface area (Å²) in [6, 6.07) is 7.42. The van der Waals surface area contributed by atoms with Crippen LogP contribution in [0.1, 0.15) is 66.4 Å². The monoisotopic (exact) mass is 542 g/mol. The van der Waals surface area contributed by atoms with Crippen LogP contribution in [-0.2, 0) is 17.7 Å². The van der Waals surface area contributed by atoms with Crippen LogP contribution in [0.4, 0.5) is 5.82 Å². The lowest BCUT2D eigenvalue weighted by atomic mass is 9.92. The van der Waals surface area contributed by atoms with E-state index in [-0.39, 0.29) is 22.3 Å². The highest BCUT2D eigenvalue weighted by molar-refractivity contribution is 6.38. The first-order chi connectivity index (χ1) is 17.3. The van der Waals surface area contributed by atoms with Crippen molar-refractivity contribution in [3.05, 3.63) is 68.3 Å². The van der Waals surface area contributed by atoms with Gasteiger partial charge in [0.05, 0.1) is 22.5 Å². The van der Waals surface area contributed by atoms with Crippen molar-refractivity contribution < 1.29 is 14.3 Å². The Morgan fingerprint density at radius 3 is 2.65 bits per heavy atom. The van der Waals surface area contributed by atoms with E-state index in [9.17, 15) is 4.79 Å². The summed E-state index contributed by atoms with van der Waals surface area (Å²) in [5.41, 5.74) is 11.6. The van der Waals surface area contributed by atoms with E-state index in [2.05, 4.69) is 41.0 Å². The highest BCUT2D eigenvalue weighted by atomic mass is 35.5. The second-order valence-electron chi connectivity index (χ2n) is 10.4. The van der Waals surface area contributed by atoms with Crippen molar-refractivity contribution in [1.29, 1.82) is 0 Å². The second-order valence-corrected chi connectivity index (χ2v) is 11.2. The molecule has 37 heavy (non-hydrogen) atoms. The minimum atomic E-state index is -0.673. The van der Waals surface area contributed by atoms with E-state index in [0.717, 1.165) is 25.1 Å². The van der Waals surface area contributed by atoms with Gasteiger partial charge in [0.2, 0.25) is 0 Å². The molecule has 4 rings (SSSR count). The number of carbonyl (C=O) groups is 1. The molecular weight excluding hydrogens is 511 g/mol. The predicted molar refractivity (Wildman–Crippen MR) is 147 cm³/mol. The molecular formula is C28H32Cl2N4O3. The van der Waals surface area contributed by atoms with Crippen LogP contribution < -0.4 is 10.5 Å². The van der Waals surface area contributed by atoms with E-state index in [0.29, 0.717) is 16.3 Å². The largest absolute Gasteiger partial charge is 0.467 e. The number of fused-ring (bicyclic) bond motifs is 1. The first-order valence-corrected chi connectivity index (χ1v) is 12.9. The van der Waals surface area contributed by atoms with Gasteiger partial charge in [-0.2, -0.15) is 0 Å². The predicted octanol–water partition coefficient (Wildman–Crippen LogP) is 6.42. The number of hydrogen-bond acceptors (Lipinski definition) is 7. The molecule has 2 heterocycles. The van der Waals surface area contributed by atoms with E-state index in [4.69, 9.17) is 38.4 Å². The summed E-state index contributed by atoms with van der Waals surface area (Å²) in [5.74, 6) is -0.245. The lowest BCUT2D eigenvalue weighted by Crippen LogP contribution is -2.27. The minimum absolute atomic E-state index is 0.139. The van der Waals surface area contributed by atoms with Gasteiger partial charge in [-0.3, -0.25) is 0 Å². The molecule has 1 aliphatic rings. The quantitative estimate of drug-likeness (QED) is 0.371. The number of aromatic nitrogens is 2. The molecule has 7 nitrogen and oxygen atoms in total. The number of ether oxygens (including phenoxy) is 2. The number of nitrogens with two attached hydrogens (primary N) is 1. The zero-order valence-corrected chi connectivity index (χ0v) is 23.5. The fraction of sp³-hybridized carbons (Fsp3) is 0.393. The second kappa shape index (κ2) is 10.5. The van der Waals surface area contributed by atoms with Crippen LogP contribution in [0, 0.1) is 6.92 Å². The molecule has 0 spiro atoms. The van der Waals surface area contributed by atoms with Gasteiger partial charge in [-0.1, -0.05) is 23.2 Å². The van der Waals surface area contributed by atoms with Crippen molar-refractivity contribution in [3.8, 4) is 17.1 Å². The van der Waals surface area contributed by atoms with Crippen LogP contribution in [0.3, 0.4) is 0 Å². The number of esters is 1. The lowest BCUT2D eigenvalue weighted by Gasteiger charge is -2.27. The highest BCUT2D eigenvalue weighted by Gasteiger charge is 2.26. The molecule has 0 fully saturated rings. The van der Waals surface area contributed by atoms with Crippen LogP contribution in [-0.4, -0.2) is 40.0 Å². The number of nitrogen functional groups attached to an aromatic ring is 1. The van der Waals surface area contributed by atoms with Gasteiger partial charge in [-0.05, 0) is 89.0 Å². The summed E-state index contributed by atoms with van der Waals surface area (Å²) in [7, 11) is 2.12. The minimum Gasteiger partial charge on any atom is -0.467 e. The fourth-order valence-corrected chi connectivity index (χ4v) is 5.23. The normalized spacial score (nSPS) is 14.7. The summed E-state index contributed by atoms with van der Waals surface area (Å²) in [5, 5.41) is 0.508. The van der Waals surface area contributed by atoms with Crippen molar-refractivity contribution in [2.75, 3.05) is 19.3 Å². The summed E-state index contributed by atoms with van der Waals surface area (Å²) < 4.78 is 11.6. The molecule has 1 atom stereocenters. The third-order valence-corrected chi connectivity index (χ3v) is 6.99. The summed E-state index contributed by atoms with van der Waals surface area (Å²) >= 11 is 13.1. The number of hydrogen-bond donors (Lipinski definition) is 1. The maximum atomic E-state index is 12.7. The van der Waals surface area contributed by atoms with E-state index in [1.807, 2.05) is 0 Å². The maximum absolute atomic E-state index is 12.7. The van der Waals surface area contributed by atoms with Crippen LogP contribution in [0.5, 0.6) is 5.88 Å². The Morgan fingerprint density at radius 1 is 1.22 bits per heavy atom. The Balaban J connectivity index is 1.65. The fourth-order valence-electron chi connectivity index (χ4n) is 4.48. The average Bonchev–Trinajstić information content (AvgIpc) is 2.79. The number of carbonyl (C=O) groups excluding carboxylic acids is 1. The summed E-state index contributed by atoms with van der Waals surface area (Å²) in [6.45, 7) is 11.2.